The van der Waals surface area contributed by atoms with Crippen LogP contribution in [0.3, 0.4) is 0 Å². The second-order valence-electron chi connectivity index (χ2n) is 7.44. The lowest BCUT2D eigenvalue weighted by molar-refractivity contribution is -0.116. The smallest absolute Gasteiger partial charge is 0.187 e. The van der Waals surface area contributed by atoms with Crippen LogP contribution in [0.1, 0.15) is 17.0 Å². The highest BCUT2D eigenvalue weighted by molar-refractivity contribution is 9.10. The van der Waals surface area contributed by atoms with Crippen molar-refractivity contribution >= 4 is 42.5 Å². The highest BCUT2D eigenvalue weighted by Crippen LogP contribution is 2.31. The molecule has 2 aromatic carbocycles. The van der Waals surface area contributed by atoms with E-state index in [1.165, 1.54) is 16.8 Å². The Labute approximate surface area is 190 Å². The van der Waals surface area contributed by atoms with E-state index in [1.54, 1.807) is 13.0 Å². The zero-order valence-electron chi connectivity index (χ0n) is 16.8. The van der Waals surface area contributed by atoms with Crippen molar-refractivity contribution in [2.75, 3.05) is 5.75 Å². The van der Waals surface area contributed by atoms with Gasteiger partial charge in [-0.05, 0) is 30.7 Å². The standard InChI is InChI=1S/C22H17BrF2N2O4S/c1-13-5-17(26-31-13)9-18(28)12-32(29,30)21-11-27(10-14-3-2-4-15(23)6-14)20-8-16(24)7-19(25)22(20)21/h2-8,11H,9-10,12H2,1H3. The summed E-state index contributed by atoms with van der Waals surface area (Å²) in [6, 6.07) is 10.5. The Morgan fingerprint density at radius 2 is 1.97 bits per heavy atom. The van der Waals surface area contributed by atoms with Crippen LogP contribution in [-0.4, -0.2) is 29.7 Å². The molecule has 6 nitrogen and oxygen atoms in total. The number of nitrogens with zero attached hydrogens (tertiary/aromatic N) is 2. The van der Waals surface area contributed by atoms with Crippen LogP contribution < -0.4 is 0 Å². The average molecular weight is 523 g/mol. The van der Waals surface area contributed by atoms with Crippen molar-refractivity contribution in [2.45, 2.75) is 24.8 Å². The fourth-order valence-corrected chi connectivity index (χ4v) is 5.48. The third-order valence-corrected chi connectivity index (χ3v) is 7.02. The summed E-state index contributed by atoms with van der Waals surface area (Å²) >= 11 is 3.37. The molecule has 0 atom stereocenters. The molecule has 4 aromatic rings. The summed E-state index contributed by atoms with van der Waals surface area (Å²) in [6.45, 7) is 1.83. The van der Waals surface area contributed by atoms with Gasteiger partial charge >= 0.3 is 0 Å². The topological polar surface area (TPSA) is 82.2 Å². The fourth-order valence-electron chi connectivity index (χ4n) is 3.55. The van der Waals surface area contributed by atoms with Gasteiger partial charge < -0.3 is 9.09 Å². The number of Topliss-reactive ketones (excluding diaryl/α,β-unsaturated/α-hetero) is 1. The number of benzene rings is 2. The third-order valence-electron chi connectivity index (χ3n) is 4.85. The predicted octanol–water partition coefficient (Wildman–Crippen LogP) is 4.61. The molecule has 0 saturated heterocycles. The maximum Gasteiger partial charge on any atom is 0.187 e. The molecule has 0 amide bonds. The number of halogens is 3. The van der Waals surface area contributed by atoms with Gasteiger partial charge in [0.05, 0.1) is 27.9 Å². The van der Waals surface area contributed by atoms with Crippen LogP contribution in [0.4, 0.5) is 8.78 Å². The van der Waals surface area contributed by atoms with Crippen molar-refractivity contribution in [3.8, 4) is 0 Å². The lowest BCUT2D eigenvalue weighted by Crippen LogP contribution is -2.18. The van der Waals surface area contributed by atoms with Crippen molar-refractivity contribution < 1.29 is 26.5 Å². The zero-order chi connectivity index (χ0) is 23.0. The minimum absolute atomic E-state index is 0.0839. The largest absolute Gasteiger partial charge is 0.361 e. The van der Waals surface area contributed by atoms with Gasteiger partial charge in [-0.25, -0.2) is 17.2 Å². The fraction of sp³-hybridized carbons (Fsp3) is 0.182. The molecule has 0 aliphatic carbocycles. The molecular formula is C22H17BrF2N2O4S. The van der Waals surface area contributed by atoms with E-state index in [-0.39, 0.29) is 28.8 Å². The van der Waals surface area contributed by atoms with Crippen LogP contribution in [0.2, 0.25) is 0 Å². The van der Waals surface area contributed by atoms with Gasteiger partial charge in [-0.15, -0.1) is 0 Å². The first-order valence-electron chi connectivity index (χ1n) is 9.51. The Kier molecular flexibility index (Phi) is 6.00. The maximum atomic E-state index is 14.7. The van der Waals surface area contributed by atoms with E-state index in [4.69, 9.17) is 4.52 Å². The monoisotopic (exact) mass is 522 g/mol. The van der Waals surface area contributed by atoms with Gasteiger partial charge in [-0.3, -0.25) is 4.79 Å². The Hall–Kier alpha value is -2.85. The Morgan fingerprint density at radius 3 is 2.66 bits per heavy atom. The second-order valence-corrected chi connectivity index (χ2v) is 10.3. The van der Waals surface area contributed by atoms with E-state index in [0.717, 1.165) is 16.1 Å². The van der Waals surface area contributed by atoms with Gasteiger partial charge in [0, 0.05) is 29.3 Å². The summed E-state index contributed by atoms with van der Waals surface area (Å²) in [5, 5.41) is 3.45. The Balaban J connectivity index is 1.73. The first-order valence-corrected chi connectivity index (χ1v) is 12.0. The zero-order valence-corrected chi connectivity index (χ0v) is 19.2. The molecule has 166 valence electrons. The van der Waals surface area contributed by atoms with Gasteiger partial charge in [-0.2, -0.15) is 0 Å². The van der Waals surface area contributed by atoms with E-state index in [9.17, 15) is 22.0 Å². The molecule has 32 heavy (non-hydrogen) atoms. The highest BCUT2D eigenvalue weighted by Gasteiger charge is 2.27. The molecule has 4 rings (SSSR count). The summed E-state index contributed by atoms with van der Waals surface area (Å²) in [5.41, 5.74) is 1.19. The normalized spacial score (nSPS) is 11.9. The summed E-state index contributed by atoms with van der Waals surface area (Å²) in [6.07, 6.45) is 1.02. The number of aryl methyl sites for hydroxylation is 1. The number of rotatable bonds is 7. The SMILES string of the molecule is Cc1cc(CC(=O)CS(=O)(=O)c2cn(Cc3cccc(Br)c3)c3cc(F)cc(F)c23)no1. The molecule has 0 aliphatic heterocycles. The molecule has 0 bridgehead atoms. The molecule has 10 heteroatoms. The number of fused-ring (bicyclic) bond motifs is 1. The van der Waals surface area contributed by atoms with Crippen LogP contribution >= 0.6 is 15.9 Å². The molecule has 0 fully saturated rings. The number of carbonyl (C=O) groups excluding carboxylic acids is 1. The summed E-state index contributed by atoms with van der Waals surface area (Å²) in [5.74, 6) is -2.80. The molecule has 0 unspecified atom stereocenters. The van der Waals surface area contributed by atoms with Gasteiger partial charge in [0.25, 0.3) is 0 Å². The van der Waals surface area contributed by atoms with E-state index in [0.29, 0.717) is 17.5 Å². The van der Waals surface area contributed by atoms with E-state index in [1.807, 2.05) is 18.2 Å². The molecule has 0 N–H and O–H groups in total. The van der Waals surface area contributed by atoms with Crippen LogP contribution in [0.5, 0.6) is 0 Å². The average Bonchev–Trinajstić information content (AvgIpc) is 3.25. The van der Waals surface area contributed by atoms with E-state index >= 15 is 0 Å². The lowest BCUT2D eigenvalue weighted by atomic mass is 10.2. The molecule has 0 aliphatic rings. The quantitative estimate of drug-likeness (QED) is 0.354. The van der Waals surface area contributed by atoms with Crippen LogP contribution in [0.15, 0.2) is 62.6 Å². The first-order chi connectivity index (χ1) is 15.1. The number of hydrogen-bond donors (Lipinski definition) is 0. The second kappa shape index (κ2) is 8.59. The van der Waals surface area contributed by atoms with Gasteiger partial charge in [0.1, 0.15) is 23.1 Å². The molecule has 2 heterocycles. The minimum atomic E-state index is -4.21. The molecular weight excluding hydrogens is 506 g/mol. The van der Waals surface area contributed by atoms with Crippen molar-refractivity contribution in [1.82, 2.24) is 9.72 Å². The predicted molar refractivity (Wildman–Crippen MR) is 117 cm³/mol. The minimum Gasteiger partial charge on any atom is -0.361 e. The third kappa shape index (κ3) is 4.66. The summed E-state index contributed by atoms with van der Waals surface area (Å²) in [7, 11) is -4.21. The van der Waals surface area contributed by atoms with Crippen molar-refractivity contribution in [3.63, 3.8) is 0 Å². The molecule has 2 aromatic heterocycles. The molecule has 0 spiro atoms. The van der Waals surface area contributed by atoms with Gasteiger partial charge in [0.2, 0.25) is 0 Å². The van der Waals surface area contributed by atoms with Gasteiger partial charge in [0.15, 0.2) is 15.6 Å². The van der Waals surface area contributed by atoms with Crippen LogP contribution in [0, 0.1) is 18.6 Å². The van der Waals surface area contributed by atoms with E-state index in [2.05, 4.69) is 21.1 Å². The molecule has 0 radical (unpaired) electrons. The van der Waals surface area contributed by atoms with Crippen molar-refractivity contribution in [3.05, 3.63) is 81.8 Å². The van der Waals surface area contributed by atoms with Crippen LogP contribution in [0.25, 0.3) is 10.9 Å². The number of sulfone groups is 1. The number of ketones is 1. The van der Waals surface area contributed by atoms with Crippen molar-refractivity contribution in [2.24, 2.45) is 0 Å². The maximum absolute atomic E-state index is 14.7. The van der Waals surface area contributed by atoms with E-state index < -0.39 is 33.0 Å². The van der Waals surface area contributed by atoms with Crippen molar-refractivity contribution in [1.29, 1.82) is 0 Å². The Bertz CT molecular complexity index is 1440. The molecule has 0 saturated carbocycles. The lowest BCUT2D eigenvalue weighted by Gasteiger charge is -2.06. The summed E-state index contributed by atoms with van der Waals surface area (Å²) < 4.78 is 62.0. The number of hydrogen-bond acceptors (Lipinski definition) is 5. The number of aromatic nitrogens is 2. The summed E-state index contributed by atoms with van der Waals surface area (Å²) in [4.78, 5) is 12.0. The van der Waals surface area contributed by atoms with Crippen LogP contribution in [-0.2, 0) is 27.6 Å². The highest BCUT2D eigenvalue weighted by atomic mass is 79.9. The number of carbonyl (C=O) groups is 1. The Morgan fingerprint density at radius 1 is 1.19 bits per heavy atom. The first kappa shape index (κ1) is 22.3. The van der Waals surface area contributed by atoms with Gasteiger partial charge in [-0.1, -0.05) is 33.2 Å².